The molecule has 1 aliphatic heterocycles. The molecule has 1 fully saturated rings. The average Bonchev–Trinajstić information content (AvgIpc) is 3.36. The Kier molecular flexibility index (Phi) is 10.1. The van der Waals surface area contributed by atoms with Crippen LogP contribution in [0.2, 0.25) is 0 Å². The highest BCUT2D eigenvalue weighted by molar-refractivity contribution is 5.68. The third-order valence-electron chi connectivity index (χ3n) is 6.48. The van der Waals surface area contributed by atoms with Gasteiger partial charge in [-0.05, 0) is 51.0 Å². The number of unbranched alkanes of at least 4 members (excludes halogenated alkanes) is 1. The molecule has 182 valence electrons. The van der Waals surface area contributed by atoms with Crippen molar-refractivity contribution in [3.05, 3.63) is 35.3 Å². The number of hydrogen-bond donors (Lipinski definition) is 1. The number of carbonyl (C=O) groups is 1. The molecule has 6 heteroatoms. The third kappa shape index (κ3) is 7.46. The molecule has 0 aromatic carbocycles. The molecule has 1 saturated heterocycles. The number of aliphatic hydroxyl groups excluding tert-OH is 1. The summed E-state index contributed by atoms with van der Waals surface area (Å²) in [5.74, 6) is 7.72. The average molecular weight is 459 g/mol. The number of ether oxygens (including phenoxy) is 3. The lowest BCUT2D eigenvalue weighted by atomic mass is 9.95. The number of aryl methyl sites for hydroxylation is 1. The molecular weight excluding hydrogens is 420 g/mol. The molecule has 0 radical (unpaired) electrons. The van der Waals surface area contributed by atoms with Gasteiger partial charge in [-0.3, -0.25) is 4.79 Å². The van der Waals surface area contributed by atoms with Crippen LogP contribution in [0, 0.1) is 17.8 Å². The fraction of sp³-hybridized carbons (Fsp3) is 0.667. The van der Waals surface area contributed by atoms with Gasteiger partial charge in [-0.25, -0.2) is 0 Å². The number of furan rings is 1. The van der Waals surface area contributed by atoms with Crippen molar-refractivity contribution in [3.63, 3.8) is 0 Å². The van der Waals surface area contributed by atoms with E-state index in [1.807, 2.05) is 19.9 Å². The van der Waals surface area contributed by atoms with E-state index >= 15 is 0 Å². The van der Waals surface area contributed by atoms with Crippen molar-refractivity contribution in [3.8, 4) is 11.8 Å². The minimum Gasteiger partial charge on any atom is -0.469 e. The minimum absolute atomic E-state index is 0.0113. The minimum atomic E-state index is -0.564. The van der Waals surface area contributed by atoms with Crippen molar-refractivity contribution in [2.75, 3.05) is 13.7 Å². The van der Waals surface area contributed by atoms with Gasteiger partial charge in [-0.1, -0.05) is 19.1 Å². The normalized spacial score (nSPS) is 24.2. The van der Waals surface area contributed by atoms with Crippen LogP contribution >= 0.6 is 0 Å². The highest BCUT2D eigenvalue weighted by Gasteiger charge is 2.37. The zero-order valence-corrected chi connectivity index (χ0v) is 20.2. The fourth-order valence-electron chi connectivity index (χ4n) is 4.43. The number of carbonyl (C=O) groups excluding carboxylic acids is 1. The Morgan fingerprint density at radius 2 is 2.21 bits per heavy atom. The maximum atomic E-state index is 11.3. The van der Waals surface area contributed by atoms with Gasteiger partial charge in [0.25, 0.3) is 0 Å². The summed E-state index contributed by atoms with van der Waals surface area (Å²) in [6.45, 7) is 4.57. The Bertz CT molecular complexity index is 839. The second-order valence-corrected chi connectivity index (χ2v) is 9.06. The number of fused-ring (bicyclic) bond motifs is 1. The molecule has 0 amide bonds. The van der Waals surface area contributed by atoms with Crippen molar-refractivity contribution in [2.24, 2.45) is 5.92 Å². The first-order valence-electron chi connectivity index (χ1n) is 12.2. The van der Waals surface area contributed by atoms with Gasteiger partial charge >= 0.3 is 5.97 Å². The van der Waals surface area contributed by atoms with Crippen LogP contribution in [0.5, 0.6) is 0 Å². The van der Waals surface area contributed by atoms with Gasteiger partial charge < -0.3 is 23.7 Å². The van der Waals surface area contributed by atoms with E-state index in [9.17, 15) is 9.90 Å². The van der Waals surface area contributed by atoms with E-state index in [4.69, 9.17) is 18.6 Å². The van der Waals surface area contributed by atoms with Gasteiger partial charge in [0.15, 0.2) is 6.29 Å². The Hall–Kier alpha value is -2.07. The number of esters is 1. The Morgan fingerprint density at radius 3 is 2.94 bits per heavy atom. The number of methoxy groups -OCH3 is 1. The molecule has 1 N–H and O–H groups in total. The lowest BCUT2D eigenvalue weighted by Gasteiger charge is -2.28. The Balaban J connectivity index is 1.66. The standard InChI is InChI=1S/C27H38O6/c1-4-5-10-19(2)23(28)15-14-21-22-17-20(11-6-7-12-26(29)30-3)32-25(22)18-24(21)33-27-13-8-9-16-31-27/h14-15,17,19,21,23-24,27-28H,6-13,16,18H2,1-3H3/t19?,21-,23+,24-,27?/m1/s1. The molecule has 2 heterocycles. The van der Waals surface area contributed by atoms with E-state index in [1.54, 1.807) is 0 Å². The van der Waals surface area contributed by atoms with Crippen LogP contribution in [0.25, 0.3) is 0 Å². The molecular formula is C27H38O6. The van der Waals surface area contributed by atoms with Gasteiger partial charge in [0.1, 0.15) is 11.5 Å². The molecule has 0 spiro atoms. The second-order valence-electron chi connectivity index (χ2n) is 9.06. The van der Waals surface area contributed by atoms with E-state index in [1.165, 1.54) is 7.11 Å². The maximum absolute atomic E-state index is 11.3. The van der Waals surface area contributed by atoms with Crippen molar-refractivity contribution in [1.82, 2.24) is 0 Å². The zero-order valence-electron chi connectivity index (χ0n) is 20.2. The molecule has 2 aliphatic rings. The molecule has 1 aromatic rings. The molecule has 1 aliphatic carbocycles. The van der Waals surface area contributed by atoms with E-state index in [-0.39, 0.29) is 30.2 Å². The number of hydrogen-bond acceptors (Lipinski definition) is 6. The summed E-state index contributed by atoms with van der Waals surface area (Å²) in [5, 5.41) is 10.6. The van der Waals surface area contributed by atoms with Crippen LogP contribution in [-0.2, 0) is 31.8 Å². The van der Waals surface area contributed by atoms with Crippen molar-refractivity contribution in [1.29, 1.82) is 0 Å². The topological polar surface area (TPSA) is 78.1 Å². The first kappa shape index (κ1) is 25.6. The molecule has 1 aromatic heterocycles. The van der Waals surface area contributed by atoms with Crippen molar-refractivity contribution >= 4 is 5.97 Å². The van der Waals surface area contributed by atoms with E-state index in [2.05, 4.69) is 24.0 Å². The van der Waals surface area contributed by atoms with E-state index in [0.717, 1.165) is 62.2 Å². The van der Waals surface area contributed by atoms with Gasteiger partial charge in [0.2, 0.25) is 0 Å². The predicted octanol–water partition coefficient (Wildman–Crippen LogP) is 4.68. The van der Waals surface area contributed by atoms with E-state index < -0.39 is 6.10 Å². The molecule has 6 nitrogen and oxygen atoms in total. The highest BCUT2D eigenvalue weighted by Crippen LogP contribution is 2.40. The smallest absolute Gasteiger partial charge is 0.305 e. The number of aliphatic hydroxyl groups is 1. The van der Waals surface area contributed by atoms with Crippen molar-refractivity contribution < 1.29 is 28.5 Å². The van der Waals surface area contributed by atoms with Crippen LogP contribution < -0.4 is 0 Å². The molecule has 0 bridgehead atoms. The van der Waals surface area contributed by atoms with Gasteiger partial charge in [-0.15, -0.1) is 11.8 Å². The number of rotatable bonds is 11. The SMILES string of the molecule is CC#CCC(C)[C@@H](O)C=C[C@@H]1c2cc(CCCCC(=O)OC)oc2C[C@H]1OC1CCCCO1. The van der Waals surface area contributed by atoms with Crippen LogP contribution in [0.1, 0.15) is 81.8 Å². The molecule has 3 rings (SSSR count). The van der Waals surface area contributed by atoms with Gasteiger partial charge in [0.05, 0.1) is 19.3 Å². The molecule has 5 atom stereocenters. The van der Waals surface area contributed by atoms with Crippen LogP contribution in [0.4, 0.5) is 0 Å². The van der Waals surface area contributed by atoms with Crippen LogP contribution in [-0.4, -0.2) is 43.3 Å². The summed E-state index contributed by atoms with van der Waals surface area (Å²) < 4.78 is 23.0. The summed E-state index contributed by atoms with van der Waals surface area (Å²) in [4.78, 5) is 11.3. The second kappa shape index (κ2) is 13.0. The third-order valence-corrected chi connectivity index (χ3v) is 6.48. The summed E-state index contributed by atoms with van der Waals surface area (Å²) in [7, 11) is 1.42. The fourth-order valence-corrected chi connectivity index (χ4v) is 4.43. The van der Waals surface area contributed by atoms with Crippen LogP contribution in [0.15, 0.2) is 22.6 Å². The Morgan fingerprint density at radius 1 is 1.36 bits per heavy atom. The van der Waals surface area contributed by atoms with E-state index in [0.29, 0.717) is 19.3 Å². The molecule has 2 unspecified atom stereocenters. The quantitative estimate of drug-likeness (QED) is 0.224. The highest BCUT2D eigenvalue weighted by atomic mass is 16.7. The summed E-state index contributed by atoms with van der Waals surface area (Å²) in [5.41, 5.74) is 1.13. The predicted molar refractivity (Wildman–Crippen MR) is 126 cm³/mol. The van der Waals surface area contributed by atoms with Gasteiger partial charge in [-0.2, -0.15) is 0 Å². The first-order valence-corrected chi connectivity index (χ1v) is 12.2. The van der Waals surface area contributed by atoms with Gasteiger partial charge in [0, 0.05) is 43.8 Å². The molecule has 33 heavy (non-hydrogen) atoms. The first-order chi connectivity index (χ1) is 16.0. The lowest BCUT2D eigenvalue weighted by Crippen LogP contribution is -2.30. The van der Waals surface area contributed by atoms with Crippen LogP contribution in [0.3, 0.4) is 0 Å². The molecule has 0 saturated carbocycles. The lowest BCUT2D eigenvalue weighted by molar-refractivity contribution is -0.188. The summed E-state index contributed by atoms with van der Waals surface area (Å²) >= 11 is 0. The monoisotopic (exact) mass is 458 g/mol. The summed E-state index contributed by atoms with van der Waals surface area (Å²) in [6, 6.07) is 2.12. The van der Waals surface area contributed by atoms with Crippen molar-refractivity contribution in [2.45, 2.75) is 96.1 Å². The maximum Gasteiger partial charge on any atom is 0.305 e. The zero-order chi connectivity index (χ0) is 23.6. The Labute approximate surface area is 197 Å². The largest absolute Gasteiger partial charge is 0.469 e. The summed E-state index contributed by atoms with van der Waals surface area (Å²) in [6.07, 6.45) is 10.5.